The van der Waals surface area contributed by atoms with E-state index in [4.69, 9.17) is 0 Å². The summed E-state index contributed by atoms with van der Waals surface area (Å²) < 4.78 is 0. The second-order valence-corrected chi connectivity index (χ2v) is 4.61. The van der Waals surface area contributed by atoms with Crippen molar-refractivity contribution in [3.63, 3.8) is 0 Å². The number of piperazine rings is 1. The van der Waals surface area contributed by atoms with Gasteiger partial charge in [-0.05, 0) is 32.9 Å². The molecule has 0 aliphatic carbocycles. The van der Waals surface area contributed by atoms with Crippen molar-refractivity contribution in [3.8, 4) is 0 Å². The minimum absolute atomic E-state index is 0.112. The summed E-state index contributed by atoms with van der Waals surface area (Å²) in [5, 5.41) is 2.20. The Morgan fingerprint density at radius 2 is 2.05 bits per heavy atom. The first-order valence-corrected chi connectivity index (χ1v) is 5.99. The van der Waals surface area contributed by atoms with Gasteiger partial charge in [-0.15, -0.1) is 0 Å². The van der Waals surface area contributed by atoms with Gasteiger partial charge >= 0.3 is 0 Å². The number of aryl methyl sites for hydroxylation is 2. The fourth-order valence-electron chi connectivity index (χ4n) is 2.03. The Kier molecular flexibility index (Phi) is 3.33. The Balaban J connectivity index is 2.32. The van der Waals surface area contributed by atoms with Crippen molar-refractivity contribution < 1.29 is 14.4 Å². The molecule has 6 nitrogen and oxygen atoms in total. The normalized spacial score (nSPS) is 19.3. The van der Waals surface area contributed by atoms with Crippen LogP contribution in [0.5, 0.6) is 0 Å². The van der Waals surface area contributed by atoms with E-state index in [1.807, 2.05) is 6.92 Å². The van der Waals surface area contributed by atoms with E-state index in [0.29, 0.717) is 11.3 Å². The van der Waals surface area contributed by atoms with Crippen molar-refractivity contribution in [1.82, 2.24) is 15.2 Å². The zero-order valence-corrected chi connectivity index (χ0v) is 11.1. The third-order valence-electron chi connectivity index (χ3n) is 3.14. The van der Waals surface area contributed by atoms with E-state index in [2.05, 4.69) is 10.3 Å². The molecule has 19 heavy (non-hydrogen) atoms. The predicted octanol–water partition coefficient (Wildman–Crippen LogP) is 0.186. The largest absolute Gasteiger partial charge is 0.318 e. The molecule has 1 atom stereocenters. The van der Waals surface area contributed by atoms with Crippen LogP contribution in [0.25, 0.3) is 0 Å². The van der Waals surface area contributed by atoms with Gasteiger partial charge in [0, 0.05) is 5.69 Å². The Hall–Kier alpha value is -2.24. The summed E-state index contributed by atoms with van der Waals surface area (Å²) in [5.41, 5.74) is 1.82. The van der Waals surface area contributed by atoms with Crippen molar-refractivity contribution in [3.05, 3.63) is 29.1 Å². The maximum absolute atomic E-state index is 12.4. The van der Waals surface area contributed by atoms with E-state index in [-0.39, 0.29) is 12.5 Å². The van der Waals surface area contributed by atoms with Crippen molar-refractivity contribution in [1.29, 1.82) is 0 Å². The van der Waals surface area contributed by atoms with Gasteiger partial charge in [0.15, 0.2) is 0 Å². The van der Waals surface area contributed by atoms with E-state index in [1.165, 1.54) is 4.90 Å². The topological polar surface area (TPSA) is 79.4 Å². The maximum atomic E-state index is 12.4. The van der Waals surface area contributed by atoms with Crippen LogP contribution in [0.1, 0.15) is 28.7 Å². The molecular weight excluding hydrogens is 246 g/mol. The summed E-state index contributed by atoms with van der Waals surface area (Å²) in [6, 6.07) is 2.74. The van der Waals surface area contributed by atoms with Gasteiger partial charge in [-0.25, -0.2) is 0 Å². The van der Waals surface area contributed by atoms with Crippen molar-refractivity contribution in [2.75, 3.05) is 6.54 Å². The first-order chi connectivity index (χ1) is 8.90. The van der Waals surface area contributed by atoms with E-state index >= 15 is 0 Å². The molecule has 0 radical (unpaired) electrons. The summed E-state index contributed by atoms with van der Waals surface area (Å²) in [6.07, 6.45) is 0. The lowest BCUT2D eigenvalue weighted by atomic mass is 10.1. The minimum Gasteiger partial charge on any atom is -0.318 e. The number of carbonyl (C=O) groups is 3. The molecular formula is C13H15N3O3. The highest BCUT2D eigenvalue weighted by atomic mass is 16.2. The predicted molar refractivity (Wildman–Crippen MR) is 67.4 cm³/mol. The second kappa shape index (κ2) is 4.79. The summed E-state index contributed by atoms with van der Waals surface area (Å²) in [5.74, 6) is -1.27. The minimum atomic E-state index is -0.661. The van der Waals surface area contributed by atoms with Crippen LogP contribution in [0.3, 0.4) is 0 Å². The molecule has 1 fully saturated rings. The van der Waals surface area contributed by atoms with Crippen molar-refractivity contribution in [2.24, 2.45) is 0 Å². The number of nitrogens with zero attached hydrogens (tertiary/aromatic N) is 2. The summed E-state index contributed by atoms with van der Waals surface area (Å²) in [6.45, 7) is 5.05. The third kappa shape index (κ3) is 2.47. The van der Waals surface area contributed by atoms with Gasteiger partial charge in [0.1, 0.15) is 12.6 Å². The molecule has 1 N–H and O–H groups in total. The lowest BCUT2D eigenvalue weighted by molar-refractivity contribution is -0.138. The number of aromatic nitrogens is 1. The van der Waals surface area contributed by atoms with E-state index in [0.717, 1.165) is 5.69 Å². The van der Waals surface area contributed by atoms with Crippen LogP contribution < -0.4 is 5.32 Å². The lowest BCUT2D eigenvalue weighted by Gasteiger charge is -2.31. The number of nitrogens with one attached hydrogen (secondary N) is 1. The van der Waals surface area contributed by atoms with Crippen LogP contribution in [-0.4, -0.2) is 40.2 Å². The number of rotatable bonds is 1. The molecule has 1 aromatic heterocycles. The first kappa shape index (κ1) is 13.2. The van der Waals surface area contributed by atoms with Crippen LogP contribution >= 0.6 is 0 Å². The standard InChI is InChI=1S/C13H15N3O3/c1-7-4-5-10(8(2)14-7)13(19)16-6-11(17)15-12(18)9(16)3/h4-5,9H,6H2,1-3H3,(H,15,17,18). The number of pyridine rings is 1. The molecule has 1 unspecified atom stereocenters. The summed E-state index contributed by atoms with van der Waals surface area (Å²) in [4.78, 5) is 40.8. The average molecular weight is 261 g/mol. The Morgan fingerprint density at radius 1 is 1.37 bits per heavy atom. The third-order valence-corrected chi connectivity index (χ3v) is 3.14. The molecule has 1 aliphatic heterocycles. The average Bonchev–Trinajstić information content (AvgIpc) is 2.33. The van der Waals surface area contributed by atoms with Crippen LogP contribution in [0.2, 0.25) is 0 Å². The number of amides is 3. The molecule has 100 valence electrons. The van der Waals surface area contributed by atoms with Gasteiger partial charge < -0.3 is 4.90 Å². The van der Waals surface area contributed by atoms with Gasteiger partial charge in [0.25, 0.3) is 5.91 Å². The molecule has 0 bridgehead atoms. The SMILES string of the molecule is Cc1ccc(C(=O)N2CC(=O)NC(=O)C2C)c(C)n1. The molecule has 6 heteroatoms. The highest BCUT2D eigenvalue weighted by Crippen LogP contribution is 2.14. The monoisotopic (exact) mass is 261 g/mol. The number of hydrogen-bond acceptors (Lipinski definition) is 4. The molecule has 1 aromatic rings. The Bertz CT molecular complexity index is 568. The van der Waals surface area contributed by atoms with E-state index in [9.17, 15) is 14.4 Å². The van der Waals surface area contributed by atoms with Gasteiger partial charge in [0.05, 0.1) is 11.3 Å². The van der Waals surface area contributed by atoms with E-state index < -0.39 is 17.9 Å². The van der Waals surface area contributed by atoms with Crippen LogP contribution in [-0.2, 0) is 9.59 Å². The molecule has 3 amide bonds. The zero-order valence-electron chi connectivity index (χ0n) is 11.1. The maximum Gasteiger partial charge on any atom is 0.256 e. The van der Waals surface area contributed by atoms with Crippen LogP contribution in [0, 0.1) is 13.8 Å². The van der Waals surface area contributed by atoms with Crippen LogP contribution in [0.4, 0.5) is 0 Å². The molecule has 0 saturated carbocycles. The summed E-state index contributed by atoms with van der Waals surface area (Å²) >= 11 is 0. The second-order valence-electron chi connectivity index (χ2n) is 4.61. The first-order valence-electron chi connectivity index (χ1n) is 5.99. The lowest BCUT2D eigenvalue weighted by Crippen LogP contribution is -2.58. The van der Waals surface area contributed by atoms with Crippen molar-refractivity contribution in [2.45, 2.75) is 26.8 Å². The fraction of sp³-hybridized carbons (Fsp3) is 0.385. The van der Waals surface area contributed by atoms with E-state index in [1.54, 1.807) is 26.0 Å². The number of carbonyl (C=O) groups excluding carboxylic acids is 3. The molecule has 1 saturated heterocycles. The fourth-order valence-corrected chi connectivity index (χ4v) is 2.03. The Labute approximate surface area is 110 Å². The number of hydrogen-bond donors (Lipinski definition) is 1. The van der Waals surface area contributed by atoms with Gasteiger partial charge in [-0.1, -0.05) is 0 Å². The molecule has 2 heterocycles. The highest BCUT2D eigenvalue weighted by Gasteiger charge is 2.34. The Morgan fingerprint density at radius 3 is 2.68 bits per heavy atom. The number of imide groups is 1. The molecule has 1 aliphatic rings. The van der Waals surface area contributed by atoms with Crippen LogP contribution in [0.15, 0.2) is 12.1 Å². The van der Waals surface area contributed by atoms with Gasteiger partial charge in [-0.2, -0.15) is 0 Å². The molecule has 0 aromatic carbocycles. The zero-order chi connectivity index (χ0) is 14.2. The molecule has 2 rings (SSSR count). The van der Waals surface area contributed by atoms with Gasteiger partial charge in [-0.3, -0.25) is 24.7 Å². The van der Waals surface area contributed by atoms with Crippen molar-refractivity contribution >= 4 is 17.7 Å². The smallest absolute Gasteiger partial charge is 0.256 e. The highest BCUT2D eigenvalue weighted by molar-refractivity contribution is 6.07. The van der Waals surface area contributed by atoms with Gasteiger partial charge in [0.2, 0.25) is 11.8 Å². The quantitative estimate of drug-likeness (QED) is 0.732. The summed E-state index contributed by atoms with van der Waals surface area (Å²) in [7, 11) is 0. The molecule has 0 spiro atoms.